The minimum absolute atomic E-state index is 0.00480. The predicted octanol–water partition coefficient (Wildman–Crippen LogP) is 5.11. The summed E-state index contributed by atoms with van der Waals surface area (Å²) in [7, 11) is 0. The van der Waals surface area contributed by atoms with E-state index >= 15 is 0 Å². The first-order valence-electron chi connectivity index (χ1n) is 13.4. The molecule has 2 heterocycles. The molecule has 0 bridgehead atoms. The lowest BCUT2D eigenvalue weighted by molar-refractivity contribution is -0.139. The number of aromatic nitrogens is 1. The van der Waals surface area contributed by atoms with Crippen LogP contribution in [0.25, 0.3) is 6.08 Å². The van der Waals surface area contributed by atoms with Crippen LogP contribution in [0.4, 0.5) is 0 Å². The lowest BCUT2D eigenvalue weighted by atomic mass is 9.93. The molecular weight excluding hydrogens is 512 g/mol. The molecule has 2 aromatic carbocycles. The van der Waals surface area contributed by atoms with Gasteiger partial charge in [-0.3, -0.25) is 9.36 Å². The summed E-state index contributed by atoms with van der Waals surface area (Å²) < 4.78 is 19.2. The zero-order chi connectivity index (χ0) is 28.3. The zero-order valence-electron chi connectivity index (χ0n) is 23.6. The fraction of sp³-hybridized carbons (Fsp3) is 0.387. The minimum atomic E-state index is -0.635. The molecule has 0 saturated heterocycles. The summed E-state index contributed by atoms with van der Waals surface area (Å²) in [5.74, 6) is 1.18. The molecule has 1 aromatic heterocycles. The number of thiazole rings is 1. The zero-order valence-corrected chi connectivity index (χ0v) is 24.4. The fourth-order valence-electron chi connectivity index (χ4n) is 4.56. The first kappa shape index (κ1) is 28.4. The van der Waals surface area contributed by atoms with E-state index in [2.05, 4.69) is 18.8 Å². The van der Waals surface area contributed by atoms with Crippen LogP contribution >= 0.6 is 11.3 Å². The van der Waals surface area contributed by atoms with Crippen molar-refractivity contribution < 1.29 is 19.0 Å². The lowest BCUT2D eigenvalue weighted by Gasteiger charge is -2.25. The number of allylic oxidation sites excluding steroid dienone is 1. The number of benzene rings is 2. The monoisotopic (exact) mass is 548 g/mol. The number of nitrogens with zero attached hydrogens (tertiary/aromatic N) is 2. The number of hydrogen-bond donors (Lipinski definition) is 0. The van der Waals surface area contributed by atoms with Gasteiger partial charge in [0, 0.05) is 0 Å². The van der Waals surface area contributed by atoms with Crippen LogP contribution in [-0.4, -0.2) is 29.9 Å². The van der Waals surface area contributed by atoms with Crippen molar-refractivity contribution in [2.75, 3.05) is 13.2 Å². The fourth-order valence-corrected chi connectivity index (χ4v) is 5.60. The molecule has 0 fully saturated rings. The Bertz CT molecular complexity index is 1560. The first-order chi connectivity index (χ1) is 18.6. The smallest absolute Gasteiger partial charge is 0.338 e. The molecule has 1 aliphatic rings. The third-order valence-corrected chi connectivity index (χ3v) is 7.35. The average Bonchev–Trinajstić information content (AvgIpc) is 3.19. The average molecular weight is 549 g/mol. The summed E-state index contributed by atoms with van der Waals surface area (Å²) in [6, 6.07) is 13.1. The summed E-state index contributed by atoms with van der Waals surface area (Å²) >= 11 is 1.30. The minimum Gasteiger partial charge on any atom is -0.490 e. The van der Waals surface area contributed by atoms with Crippen LogP contribution in [0.3, 0.4) is 0 Å². The molecule has 0 aliphatic carbocycles. The summed E-state index contributed by atoms with van der Waals surface area (Å²) in [5, 5.41) is 0. The SMILES string of the molecule is CCOC(=O)C1=C(C)N=c2sc(=Cc3ccc(OC(C)C)c(OCC)c3)c(=O)n2C1c1ccc(C(C)C)cc1. The maximum absolute atomic E-state index is 13.9. The van der Waals surface area contributed by atoms with E-state index in [4.69, 9.17) is 14.2 Å². The Balaban J connectivity index is 1.87. The van der Waals surface area contributed by atoms with Crippen molar-refractivity contribution in [3.63, 3.8) is 0 Å². The van der Waals surface area contributed by atoms with Crippen LogP contribution in [0, 0.1) is 0 Å². The van der Waals surface area contributed by atoms with Crippen molar-refractivity contribution in [2.45, 2.75) is 66.5 Å². The van der Waals surface area contributed by atoms with E-state index in [1.54, 1.807) is 18.4 Å². The number of hydrogen-bond acceptors (Lipinski definition) is 7. The quantitative estimate of drug-likeness (QED) is 0.348. The van der Waals surface area contributed by atoms with E-state index in [1.807, 2.05) is 69.3 Å². The molecule has 3 aromatic rings. The highest BCUT2D eigenvalue weighted by Crippen LogP contribution is 2.32. The van der Waals surface area contributed by atoms with Gasteiger partial charge in [-0.25, -0.2) is 9.79 Å². The molecule has 1 atom stereocenters. The van der Waals surface area contributed by atoms with Crippen molar-refractivity contribution in [2.24, 2.45) is 4.99 Å². The number of rotatable bonds is 9. The van der Waals surface area contributed by atoms with Gasteiger partial charge in [0.25, 0.3) is 5.56 Å². The maximum Gasteiger partial charge on any atom is 0.338 e. The van der Waals surface area contributed by atoms with E-state index in [-0.39, 0.29) is 18.3 Å². The molecule has 7 nitrogen and oxygen atoms in total. The molecule has 0 N–H and O–H groups in total. The normalized spacial score (nSPS) is 15.4. The summed E-state index contributed by atoms with van der Waals surface area (Å²) in [4.78, 5) is 32.2. The standard InChI is InChI=1S/C31H36N2O5S/c1-8-36-25-16-21(10-15-24(25)38-19(5)6)17-26-29(34)33-28(23-13-11-22(12-14-23)18(3)4)27(30(35)37-9-2)20(7)32-31(33)39-26/h10-19,28H,8-9H2,1-7H3. The number of carbonyl (C=O) groups is 1. The Hall–Kier alpha value is -3.65. The van der Waals surface area contributed by atoms with Gasteiger partial charge in [0.05, 0.1) is 41.2 Å². The van der Waals surface area contributed by atoms with E-state index in [0.717, 1.165) is 11.1 Å². The topological polar surface area (TPSA) is 79.1 Å². The lowest BCUT2D eigenvalue weighted by Crippen LogP contribution is -2.39. The Labute approximate surface area is 233 Å². The van der Waals surface area contributed by atoms with Gasteiger partial charge in [0.1, 0.15) is 0 Å². The van der Waals surface area contributed by atoms with Gasteiger partial charge < -0.3 is 14.2 Å². The van der Waals surface area contributed by atoms with E-state index in [0.29, 0.717) is 44.6 Å². The molecule has 0 saturated carbocycles. The Morgan fingerprint density at radius 1 is 1.05 bits per heavy atom. The second-order valence-corrected chi connectivity index (χ2v) is 10.9. The molecule has 39 heavy (non-hydrogen) atoms. The van der Waals surface area contributed by atoms with Crippen LogP contribution in [0.2, 0.25) is 0 Å². The predicted molar refractivity (Wildman–Crippen MR) is 154 cm³/mol. The summed E-state index contributed by atoms with van der Waals surface area (Å²) in [6.07, 6.45) is 1.83. The number of ether oxygens (including phenoxy) is 3. The summed E-state index contributed by atoms with van der Waals surface area (Å²) in [6.45, 7) is 14.4. The van der Waals surface area contributed by atoms with Crippen LogP contribution in [0.1, 0.15) is 77.1 Å². The van der Waals surface area contributed by atoms with Gasteiger partial charge in [-0.2, -0.15) is 0 Å². The molecule has 4 rings (SSSR count). The van der Waals surface area contributed by atoms with E-state index in [9.17, 15) is 9.59 Å². The van der Waals surface area contributed by atoms with Crippen LogP contribution in [0.15, 0.2) is 63.5 Å². The largest absolute Gasteiger partial charge is 0.490 e. The van der Waals surface area contributed by atoms with Gasteiger partial charge in [0.2, 0.25) is 0 Å². The highest BCUT2D eigenvalue weighted by atomic mass is 32.1. The molecule has 8 heteroatoms. The molecule has 0 radical (unpaired) electrons. The second kappa shape index (κ2) is 12.0. The number of esters is 1. The summed E-state index contributed by atoms with van der Waals surface area (Å²) in [5.41, 5.74) is 3.53. The van der Waals surface area contributed by atoms with Crippen molar-refractivity contribution in [3.05, 3.63) is 90.1 Å². The third-order valence-electron chi connectivity index (χ3n) is 6.36. The Morgan fingerprint density at radius 2 is 1.77 bits per heavy atom. The molecular formula is C31H36N2O5S. The van der Waals surface area contributed by atoms with Gasteiger partial charge in [-0.1, -0.05) is 55.5 Å². The van der Waals surface area contributed by atoms with Gasteiger partial charge in [0.15, 0.2) is 16.3 Å². The van der Waals surface area contributed by atoms with Crippen molar-refractivity contribution in [3.8, 4) is 11.5 Å². The second-order valence-electron chi connectivity index (χ2n) is 9.93. The number of fused-ring (bicyclic) bond motifs is 1. The molecule has 206 valence electrons. The first-order valence-corrected chi connectivity index (χ1v) is 14.2. The van der Waals surface area contributed by atoms with Gasteiger partial charge in [-0.15, -0.1) is 0 Å². The van der Waals surface area contributed by atoms with Crippen LogP contribution < -0.4 is 24.4 Å². The van der Waals surface area contributed by atoms with Crippen LogP contribution in [-0.2, 0) is 9.53 Å². The molecule has 0 amide bonds. The van der Waals surface area contributed by atoms with Crippen molar-refractivity contribution in [1.82, 2.24) is 4.57 Å². The number of carbonyl (C=O) groups excluding carboxylic acids is 1. The molecule has 1 aliphatic heterocycles. The van der Waals surface area contributed by atoms with Crippen molar-refractivity contribution >= 4 is 23.4 Å². The van der Waals surface area contributed by atoms with Crippen molar-refractivity contribution in [1.29, 1.82) is 0 Å². The van der Waals surface area contributed by atoms with Crippen LogP contribution in [0.5, 0.6) is 11.5 Å². The molecule has 1 unspecified atom stereocenters. The highest BCUT2D eigenvalue weighted by molar-refractivity contribution is 7.07. The van der Waals surface area contributed by atoms with E-state index < -0.39 is 12.0 Å². The Morgan fingerprint density at radius 3 is 2.38 bits per heavy atom. The van der Waals surface area contributed by atoms with E-state index in [1.165, 1.54) is 16.9 Å². The molecule has 0 spiro atoms. The maximum atomic E-state index is 13.9. The van der Waals surface area contributed by atoms with Gasteiger partial charge >= 0.3 is 5.97 Å². The van der Waals surface area contributed by atoms with Gasteiger partial charge in [-0.05, 0) is 75.4 Å². The Kier molecular flexibility index (Phi) is 8.75. The highest BCUT2D eigenvalue weighted by Gasteiger charge is 2.33. The third kappa shape index (κ3) is 6.01.